The van der Waals surface area contributed by atoms with Crippen LogP contribution in [0.25, 0.3) is 11.1 Å². The van der Waals surface area contributed by atoms with Crippen LogP contribution in [-0.2, 0) is 24.5 Å². The van der Waals surface area contributed by atoms with Gasteiger partial charge in [-0.05, 0) is 46.4 Å². The molecule has 28 heavy (non-hydrogen) atoms. The van der Waals surface area contributed by atoms with Crippen molar-refractivity contribution in [2.75, 3.05) is 14.2 Å². The first-order chi connectivity index (χ1) is 13.6. The summed E-state index contributed by atoms with van der Waals surface area (Å²) >= 11 is 0. The zero-order valence-electron chi connectivity index (χ0n) is 16.6. The van der Waals surface area contributed by atoms with E-state index in [1.165, 1.54) is 36.5 Å². The molecule has 0 N–H and O–H groups in total. The summed E-state index contributed by atoms with van der Waals surface area (Å²) in [4.78, 5) is 24.1. The van der Waals surface area contributed by atoms with E-state index in [1.54, 1.807) is 0 Å². The lowest BCUT2D eigenvalue weighted by atomic mass is 9.70. The Hall–Kier alpha value is -2.62. The summed E-state index contributed by atoms with van der Waals surface area (Å²) in [6.45, 7) is 2.21. The van der Waals surface area contributed by atoms with Gasteiger partial charge >= 0.3 is 11.9 Å². The molecule has 0 heterocycles. The van der Waals surface area contributed by atoms with E-state index in [0.29, 0.717) is 12.8 Å². The first-order valence-electron chi connectivity index (χ1n) is 9.91. The van der Waals surface area contributed by atoms with Gasteiger partial charge in [0.25, 0.3) is 0 Å². The molecule has 2 aliphatic rings. The fourth-order valence-electron chi connectivity index (χ4n) is 5.62. The smallest absolute Gasteiger partial charge is 0.305 e. The Morgan fingerprint density at radius 3 is 1.64 bits per heavy atom. The van der Waals surface area contributed by atoms with E-state index < -0.39 is 0 Å². The van der Waals surface area contributed by atoms with E-state index in [4.69, 9.17) is 9.47 Å². The van der Waals surface area contributed by atoms with Gasteiger partial charge in [0.1, 0.15) is 0 Å². The van der Waals surface area contributed by atoms with Crippen molar-refractivity contribution in [1.29, 1.82) is 0 Å². The Kier molecular flexibility index (Phi) is 4.74. The molecule has 2 atom stereocenters. The molecular weight excluding hydrogens is 352 g/mol. The summed E-state index contributed by atoms with van der Waals surface area (Å²) in [7, 11) is 2.84. The normalized spacial score (nSPS) is 23.5. The second-order valence-electron chi connectivity index (χ2n) is 7.83. The molecule has 2 unspecified atom stereocenters. The molecule has 2 aromatic carbocycles. The fraction of sp³-hybridized carbons (Fsp3) is 0.417. The van der Waals surface area contributed by atoms with Gasteiger partial charge in [-0.25, -0.2) is 0 Å². The molecule has 2 aromatic rings. The van der Waals surface area contributed by atoms with Crippen LogP contribution in [0.1, 0.15) is 37.3 Å². The monoisotopic (exact) mass is 378 g/mol. The first kappa shape index (κ1) is 18.7. The Labute approximate surface area is 165 Å². The Bertz CT molecular complexity index is 847. The molecule has 2 aliphatic carbocycles. The number of rotatable bonds is 6. The number of fused-ring (bicyclic) bond motifs is 3. The van der Waals surface area contributed by atoms with E-state index >= 15 is 0 Å². The minimum Gasteiger partial charge on any atom is -0.469 e. The molecule has 1 fully saturated rings. The van der Waals surface area contributed by atoms with Crippen LogP contribution in [-0.4, -0.2) is 26.2 Å². The number of hydrogen-bond acceptors (Lipinski definition) is 4. The number of carbonyl (C=O) groups excluding carboxylic acids is 2. The van der Waals surface area contributed by atoms with Gasteiger partial charge in [0.2, 0.25) is 0 Å². The van der Waals surface area contributed by atoms with E-state index in [-0.39, 0.29) is 35.1 Å². The summed E-state index contributed by atoms with van der Waals surface area (Å²) in [6, 6.07) is 17.1. The Balaban J connectivity index is 1.82. The Morgan fingerprint density at radius 2 is 1.25 bits per heavy atom. The molecule has 0 aromatic heterocycles. The number of hydrogen-bond donors (Lipinski definition) is 0. The fourth-order valence-corrected chi connectivity index (χ4v) is 5.62. The molecular formula is C24H26O4. The molecule has 0 bridgehead atoms. The summed E-state index contributed by atoms with van der Waals surface area (Å²) in [6.07, 6.45) is 1.60. The van der Waals surface area contributed by atoms with E-state index in [2.05, 4.69) is 55.5 Å². The minimum atomic E-state index is -0.215. The molecule has 0 saturated heterocycles. The lowest BCUT2D eigenvalue weighted by Gasteiger charge is -2.32. The van der Waals surface area contributed by atoms with Crippen molar-refractivity contribution in [2.45, 2.75) is 31.6 Å². The van der Waals surface area contributed by atoms with Gasteiger partial charge in [0.15, 0.2) is 0 Å². The van der Waals surface area contributed by atoms with Gasteiger partial charge in [0, 0.05) is 18.3 Å². The van der Waals surface area contributed by atoms with Crippen LogP contribution in [0.4, 0.5) is 0 Å². The van der Waals surface area contributed by atoms with Crippen LogP contribution in [0.2, 0.25) is 0 Å². The second kappa shape index (κ2) is 7.08. The number of carbonyl (C=O) groups is 2. The van der Waals surface area contributed by atoms with E-state index in [1.807, 2.05) is 0 Å². The minimum absolute atomic E-state index is 0.116. The second-order valence-corrected chi connectivity index (χ2v) is 7.83. The summed E-state index contributed by atoms with van der Waals surface area (Å²) in [5.74, 6) is 0.0123. The van der Waals surface area contributed by atoms with Gasteiger partial charge in [-0.2, -0.15) is 0 Å². The molecule has 0 amide bonds. The maximum Gasteiger partial charge on any atom is 0.305 e. The summed E-state index contributed by atoms with van der Waals surface area (Å²) in [5, 5.41) is 0. The van der Waals surface area contributed by atoms with Crippen molar-refractivity contribution >= 4 is 11.9 Å². The predicted octanol–water partition coefficient (Wildman–Crippen LogP) is 4.35. The molecule has 4 heteroatoms. The molecule has 4 nitrogen and oxygen atoms in total. The van der Waals surface area contributed by atoms with Crippen LogP contribution in [0.5, 0.6) is 0 Å². The summed E-state index contributed by atoms with van der Waals surface area (Å²) in [5.41, 5.74) is 4.96. The largest absolute Gasteiger partial charge is 0.469 e. The van der Waals surface area contributed by atoms with Crippen molar-refractivity contribution in [3.63, 3.8) is 0 Å². The average Bonchev–Trinajstić information content (AvgIpc) is 3.31. The van der Waals surface area contributed by atoms with Gasteiger partial charge in [0.05, 0.1) is 14.2 Å². The third kappa shape index (κ3) is 2.66. The van der Waals surface area contributed by atoms with Gasteiger partial charge in [-0.15, -0.1) is 0 Å². The predicted molar refractivity (Wildman–Crippen MR) is 107 cm³/mol. The third-order valence-corrected chi connectivity index (χ3v) is 6.82. The number of ether oxygens (including phenoxy) is 2. The average molecular weight is 378 g/mol. The highest BCUT2D eigenvalue weighted by atomic mass is 16.5. The van der Waals surface area contributed by atoms with Crippen molar-refractivity contribution < 1.29 is 19.1 Å². The lowest BCUT2D eigenvalue weighted by Crippen LogP contribution is -2.29. The maximum absolute atomic E-state index is 12.1. The van der Waals surface area contributed by atoms with E-state index in [0.717, 1.165) is 6.42 Å². The van der Waals surface area contributed by atoms with Crippen LogP contribution in [0.3, 0.4) is 0 Å². The van der Waals surface area contributed by atoms with Crippen molar-refractivity contribution in [2.24, 2.45) is 17.8 Å². The third-order valence-electron chi connectivity index (χ3n) is 6.82. The van der Waals surface area contributed by atoms with Crippen molar-refractivity contribution in [3.8, 4) is 11.1 Å². The maximum atomic E-state index is 12.1. The van der Waals surface area contributed by atoms with Gasteiger partial charge in [-0.1, -0.05) is 55.5 Å². The van der Waals surface area contributed by atoms with Crippen LogP contribution in [0.15, 0.2) is 48.5 Å². The zero-order chi connectivity index (χ0) is 19.9. The quantitative estimate of drug-likeness (QED) is 0.701. The summed E-state index contributed by atoms with van der Waals surface area (Å²) < 4.78 is 9.88. The number of esters is 2. The highest BCUT2D eigenvalue weighted by molar-refractivity contribution is 5.82. The van der Waals surface area contributed by atoms with Crippen molar-refractivity contribution in [1.82, 2.24) is 0 Å². The molecule has 0 spiro atoms. The highest BCUT2D eigenvalue weighted by Gasteiger charge is 2.64. The number of methoxy groups -OCH3 is 2. The molecule has 0 aliphatic heterocycles. The van der Waals surface area contributed by atoms with Gasteiger partial charge < -0.3 is 9.47 Å². The van der Waals surface area contributed by atoms with Crippen LogP contribution in [0, 0.1) is 17.8 Å². The lowest BCUT2D eigenvalue weighted by molar-refractivity contribution is -0.143. The standard InChI is InChI=1S/C24H26O4/c1-4-24(23-17(13-21(25)27-2)18(23)14-22(26)28-3)19-11-7-5-9-15(19)16-10-6-8-12-20(16)24/h5-12,17-18,23H,4,13-14H2,1-3H3. The number of benzene rings is 2. The zero-order valence-corrected chi connectivity index (χ0v) is 16.6. The van der Waals surface area contributed by atoms with Gasteiger partial charge in [-0.3, -0.25) is 9.59 Å². The topological polar surface area (TPSA) is 52.6 Å². The Morgan fingerprint density at radius 1 is 0.821 bits per heavy atom. The first-order valence-corrected chi connectivity index (χ1v) is 9.91. The molecule has 1 saturated carbocycles. The van der Waals surface area contributed by atoms with E-state index in [9.17, 15) is 9.59 Å². The van der Waals surface area contributed by atoms with Crippen LogP contribution >= 0.6 is 0 Å². The molecule has 0 radical (unpaired) electrons. The molecule has 4 rings (SSSR count). The van der Waals surface area contributed by atoms with Crippen molar-refractivity contribution in [3.05, 3.63) is 59.7 Å². The van der Waals surface area contributed by atoms with Crippen LogP contribution < -0.4 is 0 Å². The SMILES string of the molecule is CCC1(C2C(CC(=O)OC)C2CC(=O)OC)c2ccccc2-c2ccccc21. The molecule has 146 valence electrons. The highest BCUT2D eigenvalue weighted by Crippen LogP contribution is 2.67.